The molecule has 1 atom stereocenters. The van der Waals surface area contributed by atoms with E-state index in [0.29, 0.717) is 0 Å². The first kappa shape index (κ1) is 14.3. The van der Waals surface area contributed by atoms with Crippen LogP contribution >= 0.6 is 28.1 Å². The SMILES string of the molecule is CC(C(N)=S)S(=O)(=O)Nc1ccc(F)c(Br)c1. The number of thiocarbonyl (C=S) groups is 1. The van der Waals surface area contributed by atoms with Crippen molar-refractivity contribution in [1.82, 2.24) is 0 Å². The summed E-state index contributed by atoms with van der Waals surface area (Å²) in [7, 11) is -3.70. The second-order valence-corrected chi connectivity index (χ2v) is 6.65. The third-order valence-corrected chi connectivity index (χ3v) is 4.86. The number of hydrogen-bond donors (Lipinski definition) is 2. The Bertz CT molecular complexity index is 548. The molecule has 0 saturated heterocycles. The van der Waals surface area contributed by atoms with Crippen molar-refractivity contribution in [3.63, 3.8) is 0 Å². The largest absolute Gasteiger partial charge is 0.392 e. The molecule has 0 heterocycles. The molecule has 0 spiro atoms. The van der Waals surface area contributed by atoms with E-state index >= 15 is 0 Å². The summed E-state index contributed by atoms with van der Waals surface area (Å²) < 4.78 is 38.9. The Morgan fingerprint density at radius 3 is 2.65 bits per heavy atom. The molecule has 1 aromatic rings. The van der Waals surface area contributed by atoms with Gasteiger partial charge in [-0.1, -0.05) is 12.2 Å². The molecule has 0 saturated carbocycles. The lowest BCUT2D eigenvalue weighted by atomic mass is 10.3. The number of benzene rings is 1. The molecule has 0 fully saturated rings. The molecular weight excluding hydrogens is 331 g/mol. The monoisotopic (exact) mass is 340 g/mol. The van der Waals surface area contributed by atoms with Crippen LogP contribution in [0.4, 0.5) is 10.1 Å². The number of halogens is 2. The van der Waals surface area contributed by atoms with Gasteiger partial charge in [0, 0.05) is 5.69 Å². The fraction of sp³-hybridized carbons (Fsp3) is 0.222. The first-order valence-electron chi connectivity index (χ1n) is 4.50. The summed E-state index contributed by atoms with van der Waals surface area (Å²) in [6.45, 7) is 1.38. The van der Waals surface area contributed by atoms with E-state index in [0.717, 1.165) is 6.07 Å². The second-order valence-electron chi connectivity index (χ2n) is 3.32. The van der Waals surface area contributed by atoms with Gasteiger partial charge in [0.1, 0.15) is 11.1 Å². The Morgan fingerprint density at radius 2 is 2.18 bits per heavy atom. The van der Waals surface area contributed by atoms with Gasteiger partial charge >= 0.3 is 0 Å². The number of hydrogen-bond acceptors (Lipinski definition) is 3. The van der Waals surface area contributed by atoms with Gasteiger partial charge in [0.25, 0.3) is 0 Å². The number of sulfonamides is 1. The highest BCUT2D eigenvalue weighted by atomic mass is 79.9. The van der Waals surface area contributed by atoms with Crippen molar-refractivity contribution in [2.24, 2.45) is 5.73 Å². The highest BCUT2D eigenvalue weighted by Gasteiger charge is 2.23. The topological polar surface area (TPSA) is 72.2 Å². The first-order chi connectivity index (χ1) is 7.74. The van der Waals surface area contributed by atoms with E-state index in [1.165, 1.54) is 19.1 Å². The molecule has 94 valence electrons. The van der Waals surface area contributed by atoms with E-state index in [1.54, 1.807) is 0 Å². The van der Waals surface area contributed by atoms with E-state index in [2.05, 4.69) is 32.9 Å². The van der Waals surface area contributed by atoms with E-state index in [9.17, 15) is 12.8 Å². The van der Waals surface area contributed by atoms with Crippen molar-refractivity contribution in [2.45, 2.75) is 12.2 Å². The lowest BCUT2D eigenvalue weighted by Gasteiger charge is -2.13. The fourth-order valence-electron chi connectivity index (χ4n) is 0.965. The van der Waals surface area contributed by atoms with Crippen molar-refractivity contribution in [1.29, 1.82) is 0 Å². The number of nitrogens with one attached hydrogen (secondary N) is 1. The zero-order valence-corrected chi connectivity index (χ0v) is 12.0. The van der Waals surface area contributed by atoms with Crippen molar-refractivity contribution in [3.05, 3.63) is 28.5 Å². The van der Waals surface area contributed by atoms with Crippen LogP contribution in [0.15, 0.2) is 22.7 Å². The summed E-state index contributed by atoms with van der Waals surface area (Å²) in [5, 5.41) is -0.999. The maximum Gasteiger partial charge on any atom is 0.241 e. The summed E-state index contributed by atoms with van der Waals surface area (Å²) in [6, 6.07) is 3.77. The smallest absolute Gasteiger partial charge is 0.241 e. The second kappa shape index (κ2) is 5.28. The van der Waals surface area contributed by atoms with Crippen molar-refractivity contribution >= 4 is 48.8 Å². The summed E-state index contributed by atoms with van der Waals surface area (Å²) >= 11 is 7.58. The van der Waals surface area contributed by atoms with E-state index in [1.807, 2.05) is 0 Å². The van der Waals surface area contributed by atoms with Gasteiger partial charge in [-0.2, -0.15) is 0 Å². The van der Waals surface area contributed by atoms with E-state index in [4.69, 9.17) is 5.73 Å². The molecule has 0 bridgehead atoms. The maximum absolute atomic E-state index is 13.0. The first-order valence-corrected chi connectivity index (χ1v) is 7.25. The van der Waals surface area contributed by atoms with Gasteiger partial charge in [0.15, 0.2) is 0 Å². The third kappa shape index (κ3) is 3.62. The van der Waals surface area contributed by atoms with Gasteiger partial charge in [0.2, 0.25) is 10.0 Å². The Morgan fingerprint density at radius 1 is 1.59 bits per heavy atom. The van der Waals surface area contributed by atoms with Crippen molar-refractivity contribution in [3.8, 4) is 0 Å². The van der Waals surface area contributed by atoms with E-state index < -0.39 is 21.1 Å². The summed E-state index contributed by atoms with van der Waals surface area (Å²) in [5.74, 6) is -0.477. The predicted molar refractivity (Wildman–Crippen MR) is 72.9 cm³/mol. The van der Waals surface area contributed by atoms with E-state index in [-0.39, 0.29) is 15.1 Å². The Labute approximate surface area is 113 Å². The molecule has 8 heteroatoms. The molecule has 3 N–H and O–H groups in total. The van der Waals surface area contributed by atoms with Crippen LogP contribution in [0.3, 0.4) is 0 Å². The van der Waals surface area contributed by atoms with Gasteiger partial charge in [0.05, 0.1) is 9.46 Å². The third-order valence-electron chi connectivity index (χ3n) is 2.05. The van der Waals surface area contributed by atoms with Crippen LogP contribution in [-0.2, 0) is 10.0 Å². The zero-order chi connectivity index (χ0) is 13.2. The fourth-order valence-corrected chi connectivity index (χ4v) is 2.66. The Balaban J connectivity index is 2.98. The molecule has 1 aromatic carbocycles. The normalized spacial score (nSPS) is 13.1. The van der Waals surface area contributed by atoms with Crippen LogP contribution in [0.25, 0.3) is 0 Å². The van der Waals surface area contributed by atoms with Gasteiger partial charge in [-0.25, -0.2) is 12.8 Å². The molecule has 0 radical (unpaired) electrons. The summed E-state index contributed by atoms with van der Waals surface area (Å²) in [5.41, 5.74) is 5.51. The van der Waals surface area contributed by atoms with Gasteiger partial charge in [-0.05, 0) is 41.1 Å². The van der Waals surface area contributed by atoms with Crippen LogP contribution in [0.5, 0.6) is 0 Å². The summed E-state index contributed by atoms with van der Waals surface area (Å²) in [4.78, 5) is -0.126. The molecule has 4 nitrogen and oxygen atoms in total. The Kier molecular flexibility index (Phi) is 4.45. The van der Waals surface area contributed by atoms with Crippen LogP contribution in [-0.4, -0.2) is 18.7 Å². The van der Waals surface area contributed by atoms with Crippen LogP contribution < -0.4 is 10.5 Å². The number of nitrogens with two attached hydrogens (primary N) is 1. The molecule has 0 aliphatic carbocycles. The highest BCUT2D eigenvalue weighted by Crippen LogP contribution is 2.21. The average Bonchev–Trinajstić information content (AvgIpc) is 2.22. The lowest BCUT2D eigenvalue weighted by molar-refractivity contribution is 0.598. The predicted octanol–water partition coefficient (Wildman–Crippen LogP) is 2.00. The Hall–Kier alpha value is -0.730. The minimum atomic E-state index is -3.70. The van der Waals surface area contributed by atoms with Gasteiger partial charge in [-0.3, -0.25) is 4.72 Å². The van der Waals surface area contributed by atoms with Crippen molar-refractivity contribution in [2.75, 3.05) is 4.72 Å². The summed E-state index contributed by atoms with van der Waals surface area (Å²) in [6.07, 6.45) is 0. The lowest BCUT2D eigenvalue weighted by Crippen LogP contribution is -2.35. The average molecular weight is 341 g/mol. The zero-order valence-electron chi connectivity index (χ0n) is 8.78. The molecule has 0 aliphatic heterocycles. The van der Waals surface area contributed by atoms with Gasteiger partial charge < -0.3 is 5.73 Å². The molecule has 0 aromatic heterocycles. The molecule has 0 amide bonds. The minimum Gasteiger partial charge on any atom is -0.392 e. The number of anilines is 1. The van der Waals surface area contributed by atoms with Gasteiger partial charge in [-0.15, -0.1) is 0 Å². The standard InChI is InChI=1S/C9H10BrFN2O2S2/c1-5(9(12)16)17(14,15)13-6-2-3-8(11)7(10)4-6/h2-5,13H,1H3,(H2,12,16). The van der Waals surface area contributed by atoms with Crippen LogP contribution in [0.1, 0.15) is 6.92 Å². The highest BCUT2D eigenvalue weighted by molar-refractivity contribution is 9.10. The molecule has 0 aliphatic rings. The minimum absolute atomic E-state index is 0.126. The molecule has 1 rings (SSSR count). The molecule has 17 heavy (non-hydrogen) atoms. The van der Waals surface area contributed by atoms with Crippen LogP contribution in [0, 0.1) is 5.82 Å². The molecule has 1 unspecified atom stereocenters. The maximum atomic E-state index is 13.0. The van der Waals surface area contributed by atoms with Crippen molar-refractivity contribution < 1.29 is 12.8 Å². The molecular formula is C9H10BrFN2O2S2. The van der Waals surface area contributed by atoms with Crippen LogP contribution in [0.2, 0.25) is 0 Å². The quantitative estimate of drug-likeness (QED) is 0.822. The number of rotatable bonds is 4.